The van der Waals surface area contributed by atoms with Gasteiger partial charge in [0, 0.05) is 28.6 Å². The normalized spacial score (nSPS) is 15.6. The minimum absolute atomic E-state index is 0.111. The van der Waals surface area contributed by atoms with Gasteiger partial charge in [0.1, 0.15) is 17.5 Å². The monoisotopic (exact) mass is 463 g/mol. The summed E-state index contributed by atoms with van der Waals surface area (Å²) in [5.41, 5.74) is 3.94. The number of anilines is 1. The summed E-state index contributed by atoms with van der Waals surface area (Å²) in [6.45, 7) is 3.70. The Balaban J connectivity index is 1.81. The first-order valence-electron chi connectivity index (χ1n) is 10.3. The minimum atomic E-state index is -0.679. The molecule has 9 heteroatoms. The van der Waals surface area contributed by atoms with Gasteiger partial charge in [0.05, 0.1) is 16.7 Å². The van der Waals surface area contributed by atoms with E-state index in [4.69, 9.17) is 5.10 Å². The predicted octanol–water partition coefficient (Wildman–Crippen LogP) is 5.00. The van der Waals surface area contributed by atoms with Gasteiger partial charge in [0.2, 0.25) is 5.91 Å². The lowest BCUT2D eigenvalue weighted by Crippen LogP contribution is -2.17. The van der Waals surface area contributed by atoms with Gasteiger partial charge in [-0.15, -0.1) is 11.8 Å². The third-order valence-corrected chi connectivity index (χ3v) is 6.49. The van der Waals surface area contributed by atoms with Crippen LogP contribution in [-0.2, 0) is 4.79 Å². The SMILES string of the molecule is Cc1cc(C)nc(-n2nc(-c3ccccc3)c3c2NC(=O)CS[C@@H]3c2cc(F)cc(F)c2)n1. The van der Waals surface area contributed by atoms with E-state index in [1.54, 1.807) is 0 Å². The van der Waals surface area contributed by atoms with Crippen LogP contribution in [-0.4, -0.2) is 31.4 Å². The van der Waals surface area contributed by atoms with Crippen molar-refractivity contribution in [3.8, 4) is 17.2 Å². The fourth-order valence-corrected chi connectivity index (χ4v) is 5.06. The standard InChI is InChI=1S/C24H19F2N5OS/c1-13-8-14(2)28-24(27-13)31-23-20(21(30-31)15-6-4-3-5-7-15)22(33-12-19(32)29-23)16-9-17(25)11-18(26)10-16/h3-11,22H,12H2,1-2H3,(H,29,32)/t22-/m1/s1. The largest absolute Gasteiger partial charge is 0.309 e. The second-order valence-electron chi connectivity index (χ2n) is 7.78. The van der Waals surface area contributed by atoms with Crippen LogP contribution in [0.15, 0.2) is 54.6 Å². The number of thioether (sulfide) groups is 1. The van der Waals surface area contributed by atoms with Crippen LogP contribution in [0.25, 0.3) is 17.2 Å². The maximum absolute atomic E-state index is 14.1. The van der Waals surface area contributed by atoms with E-state index in [9.17, 15) is 13.6 Å². The molecule has 1 aliphatic heterocycles. The van der Waals surface area contributed by atoms with Crippen LogP contribution < -0.4 is 5.32 Å². The molecular formula is C24H19F2N5OS. The highest BCUT2D eigenvalue weighted by Gasteiger charge is 2.33. The molecule has 2 aromatic heterocycles. The smallest absolute Gasteiger partial charge is 0.252 e. The summed E-state index contributed by atoms with van der Waals surface area (Å²) in [5, 5.41) is 7.17. The summed E-state index contributed by atoms with van der Waals surface area (Å²) in [6.07, 6.45) is 0. The number of nitrogens with one attached hydrogen (secondary N) is 1. The average Bonchev–Trinajstić information content (AvgIpc) is 3.03. The Labute approximate surface area is 193 Å². The van der Waals surface area contributed by atoms with Crippen molar-refractivity contribution in [1.29, 1.82) is 0 Å². The van der Waals surface area contributed by atoms with E-state index in [1.165, 1.54) is 28.6 Å². The molecule has 1 aliphatic rings. The molecule has 1 N–H and O–H groups in total. The number of fused-ring (bicyclic) bond motifs is 1. The van der Waals surface area contributed by atoms with E-state index in [0.717, 1.165) is 23.0 Å². The van der Waals surface area contributed by atoms with Crippen molar-refractivity contribution < 1.29 is 13.6 Å². The zero-order chi connectivity index (χ0) is 23.1. The highest BCUT2D eigenvalue weighted by molar-refractivity contribution is 8.00. The maximum Gasteiger partial charge on any atom is 0.252 e. The van der Waals surface area contributed by atoms with Gasteiger partial charge < -0.3 is 5.32 Å². The van der Waals surface area contributed by atoms with Crippen molar-refractivity contribution >= 4 is 23.5 Å². The zero-order valence-corrected chi connectivity index (χ0v) is 18.7. The molecule has 0 unspecified atom stereocenters. The minimum Gasteiger partial charge on any atom is -0.309 e. The molecule has 0 fully saturated rings. The summed E-state index contributed by atoms with van der Waals surface area (Å²) in [6, 6.07) is 14.7. The molecule has 0 aliphatic carbocycles. The number of hydrogen-bond donors (Lipinski definition) is 1. The Hall–Kier alpha value is -3.59. The molecule has 33 heavy (non-hydrogen) atoms. The predicted molar refractivity (Wildman–Crippen MR) is 123 cm³/mol. The molecule has 0 bridgehead atoms. The molecule has 0 radical (unpaired) electrons. The number of amides is 1. The maximum atomic E-state index is 14.1. The first kappa shape index (κ1) is 21.3. The summed E-state index contributed by atoms with van der Waals surface area (Å²) in [4.78, 5) is 21.7. The molecule has 2 aromatic carbocycles. The van der Waals surface area contributed by atoms with E-state index in [-0.39, 0.29) is 11.7 Å². The fraction of sp³-hybridized carbons (Fsp3) is 0.167. The molecule has 1 atom stereocenters. The van der Waals surface area contributed by atoms with Crippen LogP contribution in [0.5, 0.6) is 0 Å². The quantitative estimate of drug-likeness (QED) is 0.463. The number of aromatic nitrogens is 4. The molecule has 5 rings (SSSR count). The van der Waals surface area contributed by atoms with E-state index < -0.39 is 16.9 Å². The molecule has 166 valence electrons. The molecule has 0 spiro atoms. The highest BCUT2D eigenvalue weighted by Crippen LogP contribution is 2.46. The van der Waals surface area contributed by atoms with Crippen LogP contribution in [0.4, 0.5) is 14.6 Å². The first-order valence-corrected chi connectivity index (χ1v) is 11.3. The highest BCUT2D eigenvalue weighted by atomic mass is 32.2. The fourth-order valence-electron chi connectivity index (χ4n) is 3.95. The van der Waals surface area contributed by atoms with E-state index in [0.29, 0.717) is 28.6 Å². The van der Waals surface area contributed by atoms with Gasteiger partial charge in [0.15, 0.2) is 0 Å². The summed E-state index contributed by atoms with van der Waals surface area (Å²) in [7, 11) is 0. The van der Waals surface area contributed by atoms with Gasteiger partial charge in [0.25, 0.3) is 5.95 Å². The summed E-state index contributed by atoms with van der Waals surface area (Å²) >= 11 is 1.29. The van der Waals surface area contributed by atoms with Crippen molar-refractivity contribution in [1.82, 2.24) is 19.7 Å². The Morgan fingerprint density at radius 1 is 1.00 bits per heavy atom. The molecule has 3 heterocycles. The Kier molecular flexibility index (Phi) is 5.41. The number of aryl methyl sites for hydroxylation is 2. The molecule has 1 amide bonds. The number of carbonyl (C=O) groups is 1. The van der Waals surface area contributed by atoms with Gasteiger partial charge in [-0.3, -0.25) is 4.79 Å². The molecule has 0 saturated carbocycles. The third kappa shape index (κ3) is 4.11. The van der Waals surface area contributed by atoms with Gasteiger partial charge in [-0.25, -0.2) is 18.7 Å². The third-order valence-electron chi connectivity index (χ3n) is 5.22. The van der Waals surface area contributed by atoms with Gasteiger partial charge in [-0.2, -0.15) is 9.78 Å². The number of halogens is 2. The first-order chi connectivity index (χ1) is 15.9. The van der Waals surface area contributed by atoms with Crippen molar-refractivity contribution in [2.24, 2.45) is 0 Å². The van der Waals surface area contributed by atoms with Gasteiger partial charge in [-0.1, -0.05) is 30.3 Å². The number of nitrogens with zero attached hydrogens (tertiary/aromatic N) is 4. The lowest BCUT2D eigenvalue weighted by Gasteiger charge is -2.16. The van der Waals surface area contributed by atoms with Gasteiger partial charge >= 0.3 is 0 Å². The molecular weight excluding hydrogens is 444 g/mol. The van der Waals surface area contributed by atoms with Crippen molar-refractivity contribution in [2.75, 3.05) is 11.1 Å². The second-order valence-corrected chi connectivity index (χ2v) is 8.87. The Morgan fingerprint density at radius 2 is 1.67 bits per heavy atom. The van der Waals surface area contributed by atoms with Crippen molar-refractivity contribution in [2.45, 2.75) is 19.1 Å². The Morgan fingerprint density at radius 3 is 2.33 bits per heavy atom. The zero-order valence-electron chi connectivity index (χ0n) is 17.8. The van der Waals surface area contributed by atoms with Crippen LogP contribution >= 0.6 is 11.8 Å². The topological polar surface area (TPSA) is 72.7 Å². The van der Waals surface area contributed by atoms with Crippen LogP contribution in [0.3, 0.4) is 0 Å². The van der Waals surface area contributed by atoms with E-state index >= 15 is 0 Å². The number of carbonyl (C=O) groups excluding carboxylic acids is 1. The second kappa shape index (κ2) is 8.40. The Bertz CT molecular complexity index is 1330. The average molecular weight is 464 g/mol. The van der Waals surface area contributed by atoms with E-state index in [1.807, 2.05) is 50.2 Å². The van der Waals surface area contributed by atoms with Gasteiger partial charge in [-0.05, 0) is 37.6 Å². The summed E-state index contributed by atoms with van der Waals surface area (Å²) in [5.74, 6) is -0.792. The number of hydrogen-bond acceptors (Lipinski definition) is 5. The van der Waals surface area contributed by atoms with Crippen LogP contribution in [0.1, 0.15) is 27.8 Å². The van der Waals surface area contributed by atoms with Crippen molar-refractivity contribution in [3.63, 3.8) is 0 Å². The molecule has 0 saturated heterocycles. The van der Waals surface area contributed by atoms with Crippen molar-refractivity contribution in [3.05, 3.63) is 88.7 Å². The van der Waals surface area contributed by atoms with Crippen LogP contribution in [0.2, 0.25) is 0 Å². The molecule has 6 nitrogen and oxygen atoms in total. The van der Waals surface area contributed by atoms with Crippen LogP contribution in [0, 0.1) is 25.5 Å². The molecule has 4 aromatic rings. The number of rotatable bonds is 3. The lowest BCUT2D eigenvalue weighted by atomic mass is 9.99. The summed E-state index contributed by atoms with van der Waals surface area (Å²) < 4.78 is 29.8. The number of benzene rings is 2. The van der Waals surface area contributed by atoms with E-state index in [2.05, 4.69) is 15.3 Å². The lowest BCUT2D eigenvalue weighted by molar-refractivity contribution is -0.113.